The summed E-state index contributed by atoms with van der Waals surface area (Å²) in [5.41, 5.74) is 6.43. The predicted octanol–water partition coefficient (Wildman–Crippen LogP) is 2.94. The lowest BCUT2D eigenvalue weighted by Crippen LogP contribution is -2.29. The van der Waals surface area contributed by atoms with Gasteiger partial charge in [-0.3, -0.25) is 0 Å². The van der Waals surface area contributed by atoms with Gasteiger partial charge in [0.15, 0.2) is 0 Å². The topological polar surface area (TPSA) is 26.0 Å². The van der Waals surface area contributed by atoms with Gasteiger partial charge in [0.2, 0.25) is 0 Å². The van der Waals surface area contributed by atoms with Crippen molar-refractivity contribution >= 4 is 0 Å². The summed E-state index contributed by atoms with van der Waals surface area (Å²) in [4.78, 5) is 0. The summed E-state index contributed by atoms with van der Waals surface area (Å²) >= 11 is 0. The molecule has 0 aromatic carbocycles. The molecule has 0 aromatic heterocycles. The summed E-state index contributed by atoms with van der Waals surface area (Å²) in [5, 5.41) is 0. The largest absolute Gasteiger partial charge is 0.328 e. The first-order valence-electron chi connectivity index (χ1n) is 5.23. The molecule has 0 aromatic rings. The highest BCUT2D eigenvalue weighted by Crippen LogP contribution is 2.33. The first kappa shape index (κ1) is 10.0. The van der Waals surface area contributed by atoms with E-state index in [0.717, 1.165) is 5.92 Å². The van der Waals surface area contributed by atoms with Gasteiger partial charge in [-0.15, -0.1) is 0 Å². The summed E-state index contributed by atoms with van der Waals surface area (Å²) in [5.74, 6) is 0.897. The average Bonchev–Trinajstić information content (AvgIpc) is 1.82. The van der Waals surface area contributed by atoms with Crippen LogP contribution in [0.15, 0.2) is 0 Å². The summed E-state index contributed by atoms with van der Waals surface area (Å²) in [6.07, 6.45) is 6.62. The van der Waals surface area contributed by atoms with Crippen molar-refractivity contribution in [2.75, 3.05) is 0 Å². The Labute approximate surface area is 76.7 Å². The third-order valence-corrected chi connectivity index (χ3v) is 2.72. The van der Waals surface area contributed by atoms with E-state index in [1.807, 2.05) is 0 Å². The van der Waals surface area contributed by atoms with E-state index < -0.39 is 0 Å². The number of hydrogen-bond acceptors (Lipinski definition) is 1. The normalized spacial score (nSPS) is 32.0. The van der Waals surface area contributed by atoms with Gasteiger partial charge in [-0.25, -0.2) is 0 Å². The van der Waals surface area contributed by atoms with Crippen molar-refractivity contribution in [3.05, 3.63) is 0 Å². The first-order valence-corrected chi connectivity index (χ1v) is 5.23. The van der Waals surface area contributed by atoms with Crippen LogP contribution in [0.3, 0.4) is 0 Å². The van der Waals surface area contributed by atoms with E-state index in [9.17, 15) is 0 Å². The molecule has 0 amide bonds. The van der Waals surface area contributed by atoms with Gasteiger partial charge in [0.1, 0.15) is 0 Å². The second kappa shape index (κ2) is 3.78. The van der Waals surface area contributed by atoms with E-state index in [-0.39, 0.29) is 0 Å². The van der Waals surface area contributed by atoms with Crippen LogP contribution in [0, 0.1) is 11.3 Å². The van der Waals surface area contributed by atoms with Crippen molar-refractivity contribution in [2.24, 2.45) is 17.1 Å². The Hall–Kier alpha value is -0.0400. The molecule has 1 fully saturated rings. The molecule has 0 radical (unpaired) electrons. The van der Waals surface area contributed by atoms with Gasteiger partial charge in [0.05, 0.1) is 0 Å². The molecule has 1 aliphatic rings. The van der Waals surface area contributed by atoms with Crippen molar-refractivity contribution < 1.29 is 0 Å². The molecular formula is C11H23N. The minimum Gasteiger partial charge on any atom is -0.328 e. The van der Waals surface area contributed by atoms with Crippen molar-refractivity contribution in [3.8, 4) is 0 Å². The molecule has 2 N–H and O–H groups in total. The van der Waals surface area contributed by atoms with Crippen molar-refractivity contribution in [1.29, 1.82) is 0 Å². The lowest BCUT2D eigenvalue weighted by molar-refractivity contribution is 0.225. The lowest BCUT2D eigenvalue weighted by Gasteiger charge is -2.31. The van der Waals surface area contributed by atoms with Crippen LogP contribution in [0.1, 0.15) is 52.9 Å². The van der Waals surface area contributed by atoms with Crippen LogP contribution >= 0.6 is 0 Å². The lowest BCUT2D eigenvalue weighted by atomic mass is 9.76. The zero-order valence-electron chi connectivity index (χ0n) is 8.77. The molecule has 0 aliphatic heterocycles. The van der Waals surface area contributed by atoms with Gasteiger partial charge in [0.25, 0.3) is 0 Å². The molecule has 0 unspecified atom stereocenters. The van der Waals surface area contributed by atoms with Gasteiger partial charge >= 0.3 is 0 Å². The molecule has 1 heteroatoms. The van der Waals surface area contributed by atoms with Crippen LogP contribution in [-0.4, -0.2) is 6.04 Å². The Morgan fingerprint density at radius 1 is 1.25 bits per heavy atom. The minimum absolute atomic E-state index is 0.488. The third kappa shape index (κ3) is 3.57. The highest BCUT2D eigenvalue weighted by molar-refractivity contribution is 4.78. The molecule has 0 saturated heterocycles. The Morgan fingerprint density at radius 2 is 1.92 bits per heavy atom. The molecule has 12 heavy (non-hydrogen) atoms. The molecule has 0 spiro atoms. The standard InChI is InChI=1S/C11H23N/c1-11(2,3)8-9-5-4-6-10(12)7-9/h9-10H,4-8,12H2,1-3H3/t9-,10+/m0/s1. The van der Waals surface area contributed by atoms with E-state index in [2.05, 4.69) is 20.8 Å². The average molecular weight is 169 g/mol. The van der Waals surface area contributed by atoms with E-state index in [1.165, 1.54) is 32.1 Å². The summed E-state index contributed by atoms with van der Waals surface area (Å²) in [6.45, 7) is 6.98. The zero-order chi connectivity index (χ0) is 9.19. The van der Waals surface area contributed by atoms with Crippen LogP contribution in [0.4, 0.5) is 0 Å². The Kier molecular flexibility index (Phi) is 3.16. The van der Waals surface area contributed by atoms with Gasteiger partial charge < -0.3 is 5.73 Å². The minimum atomic E-state index is 0.488. The highest BCUT2D eigenvalue weighted by Gasteiger charge is 2.23. The van der Waals surface area contributed by atoms with Gasteiger partial charge in [0, 0.05) is 6.04 Å². The van der Waals surface area contributed by atoms with Crippen LogP contribution in [0.25, 0.3) is 0 Å². The fraction of sp³-hybridized carbons (Fsp3) is 1.00. The second-order valence-electron chi connectivity index (χ2n) is 5.56. The maximum absolute atomic E-state index is 5.94. The first-order chi connectivity index (χ1) is 5.47. The maximum Gasteiger partial charge on any atom is 0.00414 e. The van der Waals surface area contributed by atoms with E-state index in [1.54, 1.807) is 0 Å². The van der Waals surface area contributed by atoms with Crippen molar-refractivity contribution in [3.63, 3.8) is 0 Å². The molecule has 0 heterocycles. The van der Waals surface area contributed by atoms with Crippen LogP contribution < -0.4 is 5.73 Å². The molecule has 1 aliphatic carbocycles. The Balaban J connectivity index is 2.32. The van der Waals surface area contributed by atoms with Crippen molar-refractivity contribution in [1.82, 2.24) is 0 Å². The van der Waals surface area contributed by atoms with E-state index >= 15 is 0 Å². The Bertz CT molecular complexity index is 134. The molecule has 72 valence electrons. The van der Waals surface area contributed by atoms with Gasteiger partial charge in [-0.05, 0) is 30.6 Å². The molecular weight excluding hydrogens is 146 g/mol. The second-order valence-corrected chi connectivity index (χ2v) is 5.56. The number of rotatable bonds is 1. The van der Waals surface area contributed by atoms with Crippen LogP contribution in [0.2, 0.25) is 0 Å². The molecule has 1 rings (SSSR count). The summed E-state index contributed by atoms with van der Waals surface area (Å²) < 4.78 is 0. The molecule has 0 bridgehead atoms. The van der Waals surface area contributed by atoms with E-state index in [4.69, 9.17) is 5.73 Å². The number of hydrogen-bond donors (Lipinski definition) is 1. The monoisotopic (exact) mass is 169 g/mol. The Morgan fingerprint density at radius 3 is 2.42 bits per heavy atom. The molecule has 1 saturated carbocycles. The van der Waals surface area contributed by atoms with Crippen LogP contribution in [0.5, 0.6) is 0 Å². The third-order valence-electron chi connectivity index (χ3n) is 2.72. The quantitative estimate of drug-likeness (QED) is 0.641. The summed E-state index contributed by atoms with van der Waals surface area (Å²) in [7, 11) is 0. The van der Waals surface area contributed by atoms with Crippen molar-refractivity contribution in [2.45, 2.75) is 58.9 Å². The highest BCUT2D eigenvalue weighted by atomic mass is 14.6. The molecule has 2 atom stereocenters. The van der Waals surface area contributed by atoms with Gasteiger partial charge in [-0.2, -0.15) is 0 Å². The smallest absolute Gasteiger partial charge is 0.00414 e. The van der Waals surface area contributed by atoms with Gasteiger partial charge in [-0.1, -0.05) is 33.6 Å². The maximum atomic E-state index is 5.94. The summed E-state index contributed by atoms with van der Waals surface area (Å²) in [6, 6.07) is 0.492. The predicted molar refractivity (Wildman–Crippen MR) is 54.0 cm³/mol. The number of nitrogens with two attached hydrogens (primary N) is 1. The fourth-order valence-corrected chi connectivity index (χ4v) is 2.38. The zero-order valence-corrected chi connectivity index (χ0v) is 8.77. The van der Waals surface area contributed by atoms with Crippen LogP contribution in [-0.2, 0) is 0 Å². The van der Waals surface area contributed by atoms with E-state index in [0.29, 0.717) is 11.5 Å². The molecule has 1 nitrogen and oxygen atoms in total. The fourth-order valence-electron chi connectivity index (χ4n) is 2.38. The SMILES string of the molecule is CC(C)(C)C[C@H]1CCC[C@@H](N)C1.